The van der Waals surface area contributed by atoms with Crippen LogP contribution in [0.25, 0.3) is 0 Å². The minimum atomic E-state index is -0.357. The van der Waals surface area contributed by atoms with Crippen LogP contribution in [0.3, 0.4) is 0 Å². The lowest BCUT2D eigenvalue weighted by atomic mass is 9.92. The molecule has 1 spiro atoms. The second-order valence-electron chi connectivity index (χ2n) is 7.03. The van der Waals surface area contributed by atoms with Crippen LogP contribution in [0.15, 0.2) is 41.1 Å². The summed E-state index contributed by atoms with van der Waals surface area (Å²) in [5, 5.41) is 3.76. The van der Waals surface area contributed by atoms with E-state index in [1.165, 1.54) is 23.5 Å². The van der Waals surface area contributed by atoms with E-state index in [2.05, 4.69) is 0 Å². The van der Waals surface area contributed by atoms with E-state index < -0.39 is 0 Å². The number of carbonyl (C=O) groups excluding carboxylic acids is 2. The minimum absolute atomic E-state index is 0.0331. The van der Waals surface area contributed by atoms with E-state index >= 15 is 0 Å². The molecule has 0 bridgehead atoms. The first kappa shape index (κ1) is 17.2. The number of amides is 2. The molecule has 7 heteroatoms. The van der Waals surface area contributed by atoms with Crippen molar-refractivity contribution in [1.29, 1.82) is 0 Å². The van der Waals surface area contributed by atoms with Gasteiger partial charge in [-0.3, -0.25) is 14.5 Å². The average molecular weight is 373 g/mol. The first-order valence-electron chi connectivity index (χ1n) is 8.57. The fraction of sp³-hybridized carbons (Fsp3) is 0.368. The molecule has 3 heterocycles. The van der Waals surface area contributed by atoms with Gasteiger partial charge in [0, 0.05) is 30.7 Å². The van der Waals surface area contributed by atoms with Crippen LogP contribution in [0.1, 0.15) is 16.8 Å². The van der Waals surface area contributed by atoms with Crippen LogP contribution in [0, 0.1) is 5.82 Å². The minimum Gasteiger partial charge on any atom is -0.337 e. The summed E-state index contributed by atoms with van der Waals surface area (Å²) < 4.78 is 13.6. The Kier molecular flexibility index (Phi) is 4.28. The Labute approximate surface area is 155 Å². The van der Waals surface area contributed by atoms with E-state index in [9.17, 15) is 14.0 Å². The van der Waals surface area contributed by atoms with Gasteiger partial charge in [0.15, 0.2) is 0 Å². The summed E-state index contributed by atoms with van der Waals surface area (Å²) in [7, 11) is 1.93. The van der Waals surface area contributed by atoms with Gasteiger partial charge in [-0.1, -0.05) is 6.07 Å². The maximum Gasteiger partial charge on any atom is 0.254 e. The lowest BCUT2D eigenvalue weighted by molar-refractivity contribution is -0.123. The van der Waals surface area contributed by atoms with Crippen LogP contribution in [0.5, 0.6) is 0 Å². The molecule has 0 saturated carbocycles. The number of likely N-dealkylation sites (N-methyl/N-ethyl adjacent to an activating group) is 1. The summed E-state index contributed by atoms with van der Waals surface area (Å²) in [6, 6.07) is 7.97. The zero-order chi connectivity index (χ0) is 18.3. The quantitative estimate of drug-likeness (QED) is 0.812. The van der Waals surface area contributed by atoms with Gasteiger partial charge < -0.3 is 9.80 Å². The number of halogens is 1. The highest BCUT2D eigenvalue weighted by molar-refractivity contribution is 7.08. The summed E-state index contributed by atoms with van der Waals surface area (Å²) in [5.74, 6) is -0.374. The van der Waals surface area contributed by atoms with Crippen LogP contribution >= 0.6 is 11.3 Å². The third kappa shape index (κ3) is 2.91. The number of hydrogen-bond acceptors (Lipinski definition) is 4. The molecular formula is C19H20FN3O2S. The fourth-order valence-corrected chi connectivity index (χ4v) is 4.51. The molecule has 26 heavy (non-hydrogen) atoms. The van der Waals surface area contributed by atoms with Crippen LogP contribution in [-0.4, -0.2) is 60.4 Å². The third-order valence-electron chi connectivity index (χ3n) is 5.44. The topological polar surface area (TPSA) is 43.9 Å². The molecular weight excluding hydrogens is 353 g/mol. The zero-order valence-corrected chi connectivity index (χ0v) is 15.3. The van der Waals surface area contributed by atoms with E-state index in [0.29, 0.717) is 30.9 Å². The van der Waals surface area contributed by atoms with Gasteiger partial charge in [-0.15, -0.1) is 0 Å². The number of rotatable bonds is 2. The van der Waals surface area contributed by atoms with Crippen molar-refractivity contribution >= 4 is 28.8 Å². The lowest BCUT2D eigenvalue weighted by Crippen LogP contribution is -2.64. The van der Waals surface area contributed by atoms with Crippen LogP contribution in [0.2, 0.25) is 0 Å². The molecule has 5 nitrogen and oxygen atoms in total. The van der Waals surface area contributed by atoms with Gasteiger partial charge in [0.25, 0.3) is 5.91 Å². The zero-order valence-electron chi connectivity index (χ0n) is 14.5. The molecule has 1 atom stereocenters. The molecule has 136 valence electrons. The standard InChI is InChI=1S/C19H20FN3O2S/c1-21-10-17(24)23(16-4-2-3-15(20)9-16)13-19(21)6-7-22(12-19)18(25)14-5-8-26-11-14/h2-5,8-9,11H,6-7,10,12-13H2,1H3/t19-/m0/s1. The fourth-order valence-electron chi connectivity index (χ4n) is 3.88. The molecule has 2 saturated heterocycles. The van der Waals surface area contributed by atoms with E-state index in [1.807, 2.05) is 33.7 Å². The Balaban J connectivity index is 1.57. The summed E-state index contributed by atoms with van der Waals surface area (Å²) in [4.78, 5) is 30.8. The molecule has 2 aliphatic rings. The van der Waals surface area contributed by atoms with Crippen molar-refractivity contribution in [3.63, 3.8) is 0 Å². The van der Waals surface area contributed by atoms with Gasteiger partial charge >= 0.3 is 0 Å². The van der Waals surface area contributed by atoms with Gasteiger partial charge in [-0.2, -0.15) is 11.3 Å². The number of piperazine rings is 1. The number of likely N-dealkylation sites (tertiary alicyclic amines) is 1. The molecule has 0 unspecified atom stereocenters. The Hall–Kier alpha value is -2.25. The smallest absolute Gasteiger partial charge is 0.254 e. The van der Waals surface area contributed by atoms with Gasteiger partial charge in [-0.05, 0) is 43.1 Å². The molecule has 2 aliphatic heterocycles. The predicted octanol–water partition coefficient (Wildman–Crippen LogP) is 2.45. The van der Waals surface area contributed by atoms with Gasteiger partial charge in [-0.25, -0.2) is 4.39 Å². The number of hydrogen-bond donors (Lipinski definition) is 0. The number of carbonyl (C=O) groups is 2. The maximum atomic E-state index is 13.6. The Morgan fingerprint density at radius 2 is 2.12 bits per heavy atom. The molecule has 2 aromatic rings. The Bertz CT molecular complexity index is 841. The SMILES string of the molecule is CN1CC(=O)N(c2cccc(F)c2)C[C@@]12CCN(C(=O)c1ccsc1)C2. The summed E-state index contributed by atoms with van der Waals surface area (Å²) in [6.45, 7) is 1.94. The molecule has 0 radical (unpaired) electrons. The van der Waals surface area contributed by atoms with Crippen molar-refractivity contribution in [2.24, 2.45) is 0 Å². The highest BCUT2D eigenvalue weighted by atomic mass is 32.1. The highest BCUT2D eigenvalue weighted by Gasteiger charge is 2.48. The van der Waals surface area contributed by atoms with Crippen molar-refractivity contribution in [3.05, 3.63) is 52.5 Å². The first-order chi connectivity index (χ1) is 12.5. The number of benzene rings is 1. The second-order valence-corrected chi connectivity index (χ2v) is 7.81. The molecule has 2 fully saturated rings. The molecule has 2 amide bonds. The number of anilines is 1. The Morgan fingerprint density at radius 1 is 1.27 bits per heavy atom. The predicted molar refractivity (Wildman–Crippen MR) is 99.0 cm³/mol. The molecule has 4 rings (SSSR count). The first-order valence-corrected chi connectivity index (χ1v) is 9.51. The molecule has 1 aromatic heterocycles. The molecule has 1 aromatic carbocycles. The van der Waals surface area contributed by atoms with E-state index in [1.54, 1.807) is 17.0 Å². The monoisotopic (exact) mass is 373 g/mol. The lowest BCUT2D eigenvalue weighted by Gasteiger charge is -2.46. The van der Waals surface area contributed by atoms with E-state index in [4.69, 9.17) is 0 Å². The average Bonchev–Trinajstić information content (AvgIpc) is 3.29. The van der Waals surface area contributed by atoms with E-state index in [-0.39, 0.29) is 29.7 Å². The van der Waals surface area contributed by atoms with Crippen molar-refractivity contribution in [2.75, 3.05) is 38.1 Å². The summed E-state index contributed by atoms with van der Waals surface area (Å²) >= 11 is 1.51. The van der Waals surface area contributed by atoms with Crippen molar-refractivity contribution in [2.45, 2.75) is 12.0 Å². The molecule has 0 aliphatic carbocycles. The second kappa shape index (κ2) is 6.48. The normalized spacial score (nSPS) is 23.8. The van der Waals surface area contributed by atoms with Crippen molar-refractivity contribution in [1.82, 2.24) is 9.80 Å². The largest absolute Gasteiger partial charge is 0.337 e. The van der Waals surface area contributed by atoms with Crippen LogP contribution < -0.4 is 4.90 Å². The maximum absolute atomic E-state index is 13.6. The van der Waals surface area contributed by atoms with Crippen molar-refractivity contribution < 1.29 is 14.0 Å². The van der Waals surface area contributed by atoms with Crippen molar-refractivity contribution in [3.8, 4) is 0 Å². The van der Waals surface area contributed by atoms with Gasteiger partial charge in [0.2, 0.25) is 5.91 Å². The van der Waals surface area contributed by atoms with Gasteiger partial charge in [0.05, 0.1) is 17.6 Å². The Morgan fingerprint density at radius 3 is 2.85 bits per heavy atom. The summed E-state index contributed by atoms with van der Waals surface area (Å²) in [5.41, 5.74) is 0.986. The third-order valence-corrected chi connectivity index (χ3v) is 6.13. The molecule has 0 N–H and O–H groups in total. The van der Waals surface area contributed by atoms with Crippen LogP contribution in [-0.2, 0) is 4.79 Å². The van der Waals surface area contributed by atoms with E-state index in [0.717, 1.165) is 6.42 Å². The number of nitrogens with zero attached hydrogens (tertiary/aromatic N) is 3. The number of thiophene rings is 1. The highest BCUT2D eigenvalue weighted by Crippen LogP contribution is 2.34. The van der Waals surface area contributed by atoms with Gasteiger partial charge in [0.1, 0.15) is 5.82 Å². The summed E-state index contributed by atoms with van der Waals surface area (Å²) in [6.07, 6.45) is 0.790. The van der Waals surface area contributed by atoms with Crippen LogP contribution in [0.4, 0.5) is 10.1 Å².